The summed E-state index contributed by atoms with van der Waals surface area (Å²) in [6, 6.07) is 24.3. The molecule has 3 rings (SSSR count). The molecule has 0 bridgehead atoms. The molecule has 28 heavy (non-hydrogen) atoms. The summed E-state index contributed by atoms with van der Waals surface area (Å²) in [5.74, 6) is 1.08. The molecule has 142 valence electrons. The van der Waals surface area contributed by atoms with Gasteiger partial charge < -0.3 is 20.7 Å². The van der Waals surface area contributed by atoms with Gasteiger partial charge in [0.25, 0.3) is 0 Å². The van der Waals surface area contributed by atoms with Crippen molar-refractivity contribution in [2.75, 3.05) is 10.6 Å². The average Bonchev–Trinajstić information content (AvgIpc) is 2.71. The molecule has 0 fully saturated rings. The molecule has 1 atom stereocenters. The first-order valence-corrected chi connectivity index (χ1v) is 8.86. The minimum atomic E-state index is -0.705. The van der Waals surface area contributed by atoms with Crippen molar-refractivity contribution in [2.45, 2.75) is 13.0 Å². The van der Waals surface area contributed by atoms with Gasteiger partial charge in [0.1, 0.15) is 17.5 Å². The second kappa shape index (κ2) is 9.23. The fraction of sp³-hybridized carbons (Fsp3) is 0.0909. The van der Waals surface area contributed by atoms with E-state index in [4.69, 9.17) is 4.74 Å². The van der Waals surface area contributed by atoms with E-state index in [1.54, 1.807) is 43.3 Å². The number of amides is 3. The van der Waals surface area contributed by atoms with Gasteiger partial charge >= 0.3 is 6.03 Å². The van der Waals surface area contributed by atoms with Gasteiger partial charge in [-0.05, 0) is 55.5 Å². The zero-order valence-corrected chi connectivity index (χ0v) is 15.4. The first-order valence-electron chi connectivity index (χ1n) is 8.86. The molecule has 0 aromatic heterocycles. The van der Waals surface area contributed by atoms with E-state index >= 15 is 0 Å². The number of para-hydroxylation sites is 2. The lowest BCUT2D eigenvalue weighted by Crippen LogP contribution is -2.43. The standard InChI is InChI=1S/C22H21N3O3/c1-16(23-22(27)25-17-8-4-2-5-9-17)21(26)24-18-12-14-20(15-13-18)28-19-10-6-3-7-11-19/h2-16H,1H3,(H,24,26)(H2,23,25,27). The van der Waals surface area contributed by atoms with E-state index in [0.717, 1.165) is 5.75 Å². The third-order valence-corrected chi connectivity index (χ3v) is 3.87. The van der Waals surface area contributed by atoms with Crippen LogP contribution in [0.5, 0.6) is 11.5 Å². The first kappa shape index (κ1) is 19.0. The minimum absolute atomic E-state index is 0.320. The number of ether oxygens (including phenoxy) is 1. The van der Waals surface area contributed by atoms with Crippen molar-refractivity contribution >= 4 is 23.3 Å². The predicted octanol–water partition coefficient (Wildman–Crippen LogP) is 4.63. The van der Waals surface area contributed by atoms with Crippen LogP contribution in [0, 0.1) is 0 Å². The van der Waals surface area contributed by atoms with E-state index in [0.29, 0.717) is 17.1 Å². The van der Waals surface area contributed by atoms with Crippen LogP contribution in [0.3, 0.4) is 0 Å². The molecule has 0 aliphatic heterocycles. The van der Waals surface area contributed by atoms with Gasteiger partial charge in [0.05, 0.1) is 0 Å². The molecule has 1 unspecified atom stereocenters. The third-order valence-electron chi connectivity index (χ3n) is 3.87. The maximum atomic E-state index is 12.3. The lowest BCUT2D eigenvalue weighted by molar-refractivity contribution is -0.117. The quantitative estimate of drug-likeness (QED) is 0.588. The van der Waals surface area contributed by atoms with Gasteiger partial charge in [0, 0.05) is 11.4 Å². The molecule has 6 nitrogen and oxygen atoms in total. The monoisotopic (exact) mass is 375 g/mol. The van der Waals surface area contributed by atoms with Crippen LogP contribution >= 0.6 is 0 Å². The Morgan fingerprint density at radius 1 is 0.714 bits per heavy atom. The van der Waals surface area contributed by atoms with Gasteiger partial charge in [0.2, 0.25) is 5.91 Å². The summed E-state index contributed by atoms with van der Waals surface area (Å²) >= 11 is 0. The van der Waals surface area contributed by atoms with Gasteiger partial charge in [-0.1, -0.05) is 36.4 Å². The number of benzene rings is 3. The second-order valence-electron chi connectivity index (χ2n) is 6.11. The van der Waals surface area contributed by atoms with E-state index in [1.807, 2.05) is 48.5 Å². The lowest BCUT2D eigenvalue weighted by Gasteiger charge is -2.15. The number of nitrogens with one attached hydrogen (secondary N) is 3. The average molecular weight is 375 g/mol. The van der Waals surface area contributed by atoms with E-state index < -0.39 is 12.1 Å². The molecule has 3 aromatic carbocycles. The Labute approximate surface area is 163 Å². The fourth-order valence-electron chi connectivity index (χ4n) is 2.43. The number of hydrogen-bond donors (Lipinski definition) is 3. The molecule has 6 heteroatoms. The van der Waals surface area contributed by atoms with E-state index in [-0.39, 0.29) is 5.91 Å². The molecular weight excluding hydrogens is 354 g/mol. The summed E-state index contributed by atoms with van der Waals surface area (Å²) < 4.78 is 5.72. The molecule has 0 saturated heterocycles. The highest BCUT2D eigenvalue weighted by Gasteiger charge is 2.15. The van der Waals surface area contributed by atoms with Gasteiger partial charge in [0.15, 0.2) is 0 Å². The summed E-state index contributed by atoms with van der Waals surface area (Å²) in [5, 5.41) is 8.05. The smallest absolute Gasteiger partial charge is 0.319 e. The lowest BCUT2D eigenvalue weighted by atomic mass is 10.2. The molecule has 0 spiro atoms. The molecule has 0 aliphatic rings. The number of carbonyl (C=O) groups excluding carboxylic acids is 2. The Morgan fingerprint density at radius 3 is 1.89 bits per heavy atom. The molecule has 3 amide bonds. The van der Waals surface area contributed by atoms with Gasteiger partial charge in [-0.3, -0.25) is 4.79 Å². The SMILES string of the molecule is CC(NC(=O)Nc1ccccc1)C(=O)Nc1ccc(Oc2ccccc2)cc1. The van der Waals surface area contributed by atoms with E-state index in [1.165, 1.54) is 0 Å². The van der Waals surface area contributed by atoms with Crippen LogP contribution in [0.1, 0.15) is 6.92 Å². The Kier molecular flexibility index (Phi) is 6.25. The Hall–Kier alpha value is -3.80. The number of anilines is 2. The maximum Gasteiger partial charge on any atom is 0.319 e. The summed E-state index contributed by atoms with van der Waals surface area (Å²) in [5.41, 5.74) is 1.27. The van der Waals surface area contributed by atoms with Crippen LogP contribution in [0.4, 0.5) is 16.2 Å². The summed E-state index contributed by atoms with van der Waals surface area (Å²) in [6.07, 6.45) is 0. The minimum Gasteiger partial charge on any atom is -0.457 e. The second-order valence-corrected chi connectivity index (χ2v) is 6.11. The molecular formula is C22H21N3O3. The highest BCUT2D eigenvalue weighted by molar-refractivity contribution is 5.98. The van der Waals surface area contributed by atoms with Gasteiger partial charge in [-0.2, -0.15) is 0 Å². The predicted molar refractivity (Wildman–Crippen MR) is 110 cm³/mol. The van der Waals surface area contributed by atoms with Crippen molar-refractivity contribution in [3.05, 3.63) is 84.9 Å². The molecule has 0 saturated carbocycles. The van der Waals surface area contributed by atoms with Gasteiger partial charge in [-0.15, -0.1) is 0 Å². The largest absolute Gasteiger partial charge is 0.457 e. The molecule has 0 radical (unpaired) electrons. The normalized spacial score (nSPS) is 11.2. The summed E-state index contributed by atoms with van der Waals surface area (Å²) in [7, 11) is 0. The van der Waals surface area contributed by atoms with Crippen LogP contribution in [-0.2, 0) is 4.79 Å². The number of hydrogen-bond acceptors (Lipinski definition) is 3. The molecule has 3 aromatic rings. The summed E-state index contributed by atoms with van der Waals surface area (Å²) in [4.78, 5) is 24.3. The van der Waals surface area contributed by atoms with Crippen molar-refractivity contribution in [2.24, 2.45) is 0 Å². The number of urea groups is 1. The number of rotatable bonds is 6. The fourth-order valence-corrected chi connectivity index (χ4v) is 2.43. The van der Waals surface area contributed by atoms with Crippen LogP contribution in [-0.4, -0.2) is 18.0 Å². The zero-order valence-electron chi connectivity index (χ0n) is 15.4. The third kappa shape index (κ3) is 5.60. The van der Waals surface area contributed by atoms with E-state index in [2.05, 4.69) is 16.0 Å². The highest BCUT2D eigenvalue weighted by Crippen LogP contribution is 2.22. The zero-order chi connectivity index (χ0) is 19.8. The van der Waals surface area contributed by atoms with Crippen molar-refractivity contribution in [3.63, 3.8) is 0 Å². The van der Waals surface area contributed by atoms with Crippen LogP contribution in [0.2, 0.25) is 0 Å². The van der Waals surface area contributed by atoms with Crippen LogP contribution < -0.4 is 20.7 Å². The Morgan fingerprint density at radius 2 is 1.25 bits per heavy atom. The van der Waals surface area contributed by atoms with Crippen molar-refractivity contribution in [1.82, 2.24) is 5.32 Å². The molecule has 0 heterocycles. The topological polar surface area (TPSA) is 79.5 Å². The maximum absolute atomic E-state index is 12.3. The Bertz CT molecular complexity index is 913. The highest BCUT2D eigenvalue weighted by atomic mass is 16.5. The van der Waals surface area contributed by atoms with Crippen LogP contribution in [0.25, 0.3) is 0 Å². The Balaban J connectivity index is 1.50. The summed E-state index contributed by atoms with van der Waals surface area (Å²) in [6.45, 7) is 1.62. The van der Waals surface area contributed by atoms with Crippen LogP contribution in [0.15, 0.2) is 84.9 Å². The number of carbonyl (C=O) groups is 2. The van der Waals surface area contributed by atoms with Crippen molar-refractivity contribution in [3.8, 4) is 11.5 Å². The van der Waals surface area contributed by atoms with Gasteiger partial charge in [-0.25, -0.2) is 4.79 Å². The molecule has 0 aliphatic carbocycles. The first-order chi connectivity index (χ1) is 13.6. The van der Waals surface area contributed by atoms with Crippen molar-refractivity contribution in [1.29, 1.82) is 0 Å². The van der Waals surface area contributed by atoms with Crippen molar-refractivity contribution < 1.29 is 14.3 Å². The van der Waals surface area contributed by atoms with E-state index in [9.17, 15) is 9.59 Å². The molecule has 3 N–H and O–H groups in total.